The molecule has 2 N–H and O–H groups in total. The van der Waals surface area contributed by atoms with Crippen LogP contribution in [0.15, 0.2) is 30.7 Å². The molecule has 0 aliphatic carbocycles. The van der Waals surface area contributed by atoms with Crippen molar-refractivity contribution >= 4 is 5.95 Å². The first kappa shape index (κ1) is 9.39. The molecule has 76 valence electrons. The van der Waals surface area contributed by atoms with Crippen LogP contribution >= 0.6 is 0 Å². The molecule has 0 fully saturated rings. The lowest BCUT2D eigenvalue weighted by atomic mass is 10.2. The van der Waals surface area contributed by atoms with E-state index >= 15 is 0 Å². The van der Waals surface area contributed by atoms with E-state index in [-0.39, 0.29) is 5.95 Å². The number of nitrogens with two attached hydrogens (primary N) is 1. The molecule has 2 heterocycles. The van der Waals surface area contributed by atoms with Crippen LogP contribution in [-0.2, 0) is 0 Å². The Morgan fingerprint density at radius 1 is 1.33 bits per heavy atom. The standard InChI is InChI=1S/C10H10N4O/c1-15-8-4-7(5-12-6-8)9-2-3-13-10(11)14-9/h2-6H,1H3,(H2,11,13,14). The van der Waals surface area contributed by atoms with Gasteiger partial charge in [-0.05, 0) is 12.1 Å². The second-order valence-electron chi connectivity index (χ2n) is 2.91. The minimum absolute atomic E-state index is 0.246. The highest BCUT2D eigenvalue weighted by atomic mass is 16.5. The van der Waals surface area contributed by atoms with Crippen molar-refractivity contribution in [3.8, 4) is 17.0 Å². The number of nitrogen functional groups attached to an aromatic ring is 1. The normalized spacial score (nSPS) is 9.93. The molecule has 0 saturated heterocycles. The number of anilines is 1. The largest absolute Gasteiger partial charge is 0.495 e. The fourth-order valence-corrected chi connectivity index (χ4v) is 1.21. The Morgan fingerprint density at radius 2 is 2.20 bits per heavy atom. The number of ether oxygens (including phenoxy) is 1. The summed E-state index contributed by atoms with van der Waals surface area (Å²) in [5.41, 5.74) is 7.07. The molecule has 0 radical (unpaired) electrons. The maximum atomic E-state index is 5.49. The molecule has 0 aliphatic heterocycles. The van der Waals surface area contributed by atoms with E-state index in [2.05, 4.69) is 15.0 Å². The lowest BCUT2D eigenvalue weighted by Crippen LogP contribution is -1.95. The van der Waals surface area contributed by atoms with Crippen LogP contribution in [-0.4, -0.2) is 22.1 Å². The van der Waals surface area contributed by atoms with Gasteiger partial charge in [0.15, 0.2) is 0 Å². The molecule has 0 atom stereocenters. The van der Waals surface area contributed by atoms with E-state index in [9.17, 15) is 0 Å². The third-order valence-corrected chi connectivity index (χ3v) is 1.92. The zero-order valence-corrected chi connectivity index (χ0v) is 8.21. The van der Waals surface area contributed by atoms with Gasteiger partial charge in [-0.3, -0.25) is 4.98 Å². The molecular weight excluding hydrogens is 192 g/mol. The van der Waals surface area contributed by atoms with Crippen LogP contribution in [0.4, 0.5) is 5.95 Å². The van der Waals surface area contributed by atoms with Crippen LogP contribution in [0.5, 0.6) is 5.75 Å². The van der Waals surface area contributed by atoms with Gasteiger partial charge >= 0.3 is 0 Å². The lowest BCUT2D eigenvalue weighted by molar-refractivity contribution is 0.413. The number of aromatic nitrogens is 3. The Hall–Kier alpha value is -2.17. The van der Waals surface area contributed by atoms with Gasteiger partial charge in [0.1, 0.15) is 5.75 Å². The average molecular weight is 202 g/mol. The van der Waals surface area contributed by atoms with Gasteiger partial charge in [0.05, 0.1) is 19.0 Å². The Labute approximate surface area is 87.0 Å². The molecule has 5 heteroatoms. The van der Waals surface area contributed by atoms with Crippen LogP contribution in [0.3, 0.4) is 0 Å². The fraction of sp³-hybridized carbons (Fsp3) is 0.100. The van der Waals surface area contributed by atoms with E-state index in [0.717, 1.165) is 11.3 Å². The van der Waals surface area contributed by atoms with Crippen LogP contribution in [0, 0.1) is 0 Å². The van der Waals surface area contributed by atoms with Gasteiger partial charge in [-0.25, -0.2) is 9.97 Å². The predicted octanol–water partition coefficient (Wildman–Crippen LogP) is 1.13. The number of pyridine rings is 1. The SMILES string of the molecule is COc1cncc(-c2ccnc(N)n2)c1. The van der Waals surface area contributed by atoms with Gasteiger partial charge in [0, 0.05) is 18.0 Å². The molecule has 2 rings (SSSR count). The van der Waals surface area contributed by atoms with E-state index in [1.165, 1.54) is 0 Å². The molecule has 0 amide bonds. The molecule has 2 aromatic rings. The number of methoxy groups -OCH3 is 1. The van der Waals surface area contributed by atoms with Crippen molar-refractivity contribution < 1.29 is 4.74 Å². The van der Waals surface area contributed by atoms with Gasteiger partial charge in [0.2, 0.25) is 5.95 Å². The number of rotatable bonds is 2. The van der Waals surface area contributed by atoms with Gasteiger partial charge in [-0.2, -0.15) is 0 Å². The van der Waals surface area contributed by atoms with Crippen molar-refractivity contribution in [2.24, 2.45) is 0 Å². The summed E-state index contributed by atoms with van der Waals surface area (Å²) in [6, 6.07) is 3.61. The molecule has 0 unspecified atom stereocenters. The Morgan fingerprint density at radius 3 is 2.93 bits per heavy atom. The highest BCUT2D eigenvalue weighted by Gasteiger charge is 2.02. The molecule has 0 saturated carbocycles. The molecule has 0 spiro atoms. The molecule has 0 aromatic carbocycles. The summed E-state index contributed by atoms with van der Waals surface area (Å²) in [6.45, 7) is 0. The van der Waals surface area contributed by atoms with Gasteiger partial charge in [-0.15, -0.1) is 0 Å². The molecular formula is C10H10N4O. The molecule has 0 aliphatic rings. The van der Waals surface area contributed by atoms with E-state index in [1.54, 1.807) is 31.8 Å². The third kappa shape index (κ3) is 2.01. The second kappa shape index (κ2) is 3.91. The zero-order valence-electron chi connectivity index (χ0n) is 8.21. The summed E-state index contributed by atoms with van der Waals surface area (Å²) >= 11 is 0. The first-order chi connectivity index (χ1) is 7.29. The highest BCUT2D eigenvalue weighted by molar-refractivity contribution is 5.60. The first-order valence-corrected chi connectivity index (χ1v) is 4.37. The monoisotopic (exact) mass is 202 g/mol. The number of hydrogen-bond donors (Lipinski definition) is 1. The van der Waals surface area contributed by atoms with Crippen LogP contribution < -0.4 is 10.5 Å². The van der Waals surface area contributed by atoms with E-state index in [0.29, 0.717) is 5.75 Å². The Kier molecular flexibility index (Phi) is 2.45. The topological polar surface area (TPSA) is 73.9 Å². The Balaban J connectivity index is 2.44. The minimum Gasteiger partial charge on any atom is -0.495 e. The van der Waals surface area contributed by atoms with Crippen molar-refractivity contribution in [1.29, 1.82) is 0 Å². The second-order valence-corrected chi connectivity index (χ2v) is 2.91. The summed E-state index contributed by atoms with van der Waals surface area (Å²) in [5.74, 6) is 0.931. The van der Waals surface area contributed by atoms with Crippen LogP contribution in [0.1, 0.15) is 0 Å². The number of hydrogen-bond acceptors (Lipinski definition) is 5. The van der Waals surface area contributed by atoms with Crippen molar-refractivity contribution in [3.63, 3.8) is 0 Å². The zero-order chi connectivity index (χ0) is 10.7. The molecule has 0 bridgehead atoms. The summed E-state index contributed by atoms with van der Waals surface area (Å²) in [6.07, 6.45) is 4.94. The smallest absolute Gasteiger partial charge is 0.220 e. The molecule has 5 nitrogen and oxygen atoms in total. The average Bonchev–Trinajstić information content (AvgIpc) is 2.29. The molecule has 15 heavy (non-hydrogen) atoms. The van der Waals surface area contributed by atoms with Crippen LogP contribution in [0.2, 0.25) is 0 Å². The van der Waals surface area contributed by atoms with Crippen molar-refractivity contribution in [2.45, 2.75) is 0 Å². The maximum absolute atomic E-state index is 5.49. The van der Waals surface area contributed by atoms with Crippen LogP contribution in [0.25, 0.3) is 11.3 Å². The first-order valence-electron chi connectivity index (χ1n) is 4.37. The van der Waals surface area contributed by atoms with Crippen molar-refractivity contribution in [3.05, 3.63) is 30.7 Å². The highest BCUT2D eigenvalue weighted by Crippen LogP contribution is 2.20. The fourth-order valence-electron chi connectivity index (χ4n) is 1.21. The van der Waals surface area contributed by atoms with Crippen molar-refractivity contribution in [2.75, 3.05) is 12.8 Å². The summed E-state index contributed by atoms with van der Waals surface area (Å²) in [7, 11) is 1.59. The van der Waals surface area contributed by atoms with E-state index in [1.807, 2.05) is 6.07 Å². The van der Waals surface area contributed by atoms with Gasteiger partial charge in [0.25, 0.3) is 0 Å². The number of nitrogens with zero attached hydrogens (tertiary/aromatic N) is 3. The maximum Gasteiger partial charge on any atom is 0.220 e. The quantitative estimate of drug-likeness (QED) is 0.790. The van der Waals surface area contributed by atoms with E-state index in [4.69, 9.17) is 10.5 Å². The Bertz CT molecular complexity index is 472. The lowest BCUT2D eigenvalue weighted by Gasteiger charge is -2.03. The predicted molar refractivity (Wildman–Crippen MR) is 56.2 cm³/mol. The van der Waals surface area contributed by atoms with Gasteiger partial charge in [-0.1, -0.05) is 0 Å². The molecule has 2 aromatic heterocycles. The summed E-state index contributed by atoms with van der Waals surface area (Å²) in [5, 5.41) is 0. The summed E-state index contributed by atoms with van der Waals surface area (Å²) in [4.78, 5) is 11.9. The van der Waals surface area contributed by atoms with Gasteiger partial charge < -0.3 is 10.5 Å². The minimum atomic E-state index is 0.246. The van der Waals surface area contributed by atoms with E-state index < -0.39 is 0 Å². The summed E-state index contributed by atoms with van der Waals surface area (Å²) < 4.78 is 5.07. The van der Waals surface area contributed by atoms with Crippen molar-refractivity contribution in [1.82, 2.24) is 15.0 Å². The third-order valence-electron chi connectivity index (χ3n) is 1.92.